The highest BCUT2D eigenvalue weighted by molar-refractivity contribution is 6.32. The molecule has 2 aromatic carbocycles. The van der Waals surface area contributed by atoms with E-state index in [-0.39, 0.29) is 29.4 Å². The summed E-state index contributed by atoms with van der Waals surface area (Å²) in [6.45, 7) is 0. The van der Waals surface area contributed by atoms with Gasteiger partial charge in [0.05, 0.1) is 11.1 Å². The van der Waals surface area contributed by atoms with Crippen molar-refractivity contribution in [1.82, 2.24) is 0 Å². The van der Waals surface area contributed by atoms with Crippen molar-refractivity contribution in [2.75, 3.05) is 0 Å². The van der Waals surface area contributed by atoms with Crippen molar-refractivity contribution in [2.45, 2.75) is 75.4 Å². The summed E-state index contributed by atoms with van der Waals surface area (Å²) >= 11 is 6.52. The molecule has 3 aliphatic rings. The van der Waals surface area contributed by atoms with Crippen LogP contribution in [0.5, 0.6) is 11.5 Å². The van der Waals surface area contributed by atoms with Crippen molar-refractivity contribution in [3.63, 3.8) is 0 Å². The molecule has 2 aromatic rings. The molecule has 0 saturated heterocycles. The van der Waals surface area contributed by atoms with Gasteiger partial charge in [-0.1, -0.05) is 41.9 Å². The number of amides is 1. The normalized spacial score (nSPS) is 22.9. The molecule has 1 spiro atoms. The number of fused-ring (bicyclic) bond motifs is 1. The molecule has 5 heteroatoms. The monoisotopic (exact) mass is 439 g/mol. The van der Waals surface area contributed by atoms with Gasteiger partial charge in [0.15, 0.2) is 0 Å². The lowest BCUT2D eigenvalue weighted by Gasteiger charge is -2.49. The molecule has 1 aliphatic heterocycles. The van der Waals surface area contributed by atoms with Crippen LogP contribution in [0, 0.1) is 5.92 Å². The fourth-order valence-corrected chi connectivity index (χ4v) is 5.80. The minimum Gasteiger partial charge on any atom is -0.490 e. The minimum atomic E-state index is -0.341. The maximum Gasteiger partial charge on any atom is 0.221 e. The van der Waals surface area contributed by atoms with Crippen LogP contribution >= 0.6 is 11.6 Å². The topological polar surface area (TPSA) is 61.6 Å². The van der Waals surface area contributed by atoms with E-state index in [0.717, 1.165) is 61.2 Å². The standard InChI is InChI=1S/C26H30ClNO3/c27-22-11-5-10-19-21(16-26(13-6-14-26)31-24(19)22)20(25(28)29)15-17-7-1-4-12-23(17)30-18-8-2-3-9-18/h1,4-5,7,10-12,18,20-21H,2-3,6,8-9,13-16H2,(H2,28,29)/t20?,21-/m0/s1. The molecule has 0 aromatic heterocycles. The third-order valence-corrected chi connectivity index (χ3v) is 7.73. The maximum absolute atomic E-state index is 12.8. The molecule has 2 atom stereocenters. The fraction of sp³-hybridized carbons (Fsp3) is 0.500. The number of halogens is 1. The zero-order valence-electron chi connectivity index (χ0n) is 17.8. The summed E-state index contributed by atoms with van der Waals surface area (Å²) in [6.07, 6.45) is 9.42. The van der Waals surface area contributed by atoms with Gasteiger partial charge in [-0.25, -0.2) is 0 Å². The quantitative estimate of drug-likeness (QED) is 0.619. The Morgan fingerprint density at radius 3 is 2.61 bits per heavy atom. The number of hydrogen-bond acceptors (Lipinski definition) is 3. The van der Waals surface area contributed by atoms with Gasteiger partial charge in [-0.05, 0) is 81.0 Å². The summed E-state index contributed by atoms with van der Waals surface area (Å²) in [6, 6.07) is 13.9. The number of hydrogen-bond donors (Lipinski definition) is 1. The highest BCUT2D eigenvalue weighted by Gasteiger charge is 2.48. The maximum atomic E-state index is 12.8. The molecule has 1 unspecified atom stereocenters. The number of carbonyl (C=O) groups is 1. The van der Waals surface area contributed by atoms with E-state index in [0.29, 0.717) is 11.4 Å². The van der Waals surface area contributed by atoms with Crippen LogP contribution in [0.15, 0.2) is 42.5 Å². The fourth-order valence-electron chi connectivity index (χ4n) is 5.58. The van der Waals surface area contributed by atoms with Gasteiger partial charge in [-0.3, -0.25) is 4.79 Å². The molecule has 1 heterocycles. The molecular formula is C26H30ClNO3. The first kappa shape index (κ1) is 20.7. The number of rotatable bonds is 6. The largest absolute Gasteiger partial charge is 0.490 e. The van der Waals surface area contributed by atoms with Crippen LogP contribution in [0.1, 0.15) is 68.4 Å². The first-order valence-corrected chi connectivity index (χ1v) is 11.9. The van der Waals surface area contributed by atoms with Crippen LogP contribution in [0.25, 0.3) is 0 Å². The Labute approximate surface area is 189 Å². The van der Waals surface area contributed by atoms with E-state index in [4.69, 9.17) is 26.8 Å². The molecule has 0 bridgehead atoms. The van der Waals surface area contributed by atoms with Gasteiger partial charge in [0.2, 0.25) is 5.91 Å². The van der Waals surface area contributed by atoms with Gasteiger partial charge in [-0.2, -0.15) is 0 Å². The van der Waals surface area contributed by atoms with E-state index in [1.54, 1.807) is 0 Å². The van der Waals surface area contributed by atoms with Gasteiger partial charge in [0.25, 0.3) is 0 Å². The summed E-state index contributed by atoms with van der Waals surface area (Å²) in [4.78, 5) is 12.8. The van der Waals surface area contributed by atoms with E-state index in [1.165, 1.54) is 12.8 Å². The van der Waals surface area contributed by atoms with E-state index in [2.05, 4.69) is 6.07 Å². The third-order valence-electron chi connectivity index (χ3n) is 7.43. The summed E-state index contributed by atoms with van der Waals surface area (Å²) in [5.74, 6) is 0.994. The van der Waals surface area contributed by atoms with Crippen LogP contribution in [0.2, 0.25) is 5.02 Å². The molecule has 5 rings (SSSR count). The number of benzene rings is 2. The second-order valence-corrected chi connectivity index (χ2v) is 9.86. The lowest BCUT2D eigenvalue weighted by Crippen LogP contribution is -2.49. The van der Waals surface area contributed by atoms with Crippen molar-refractivity contribution < 1.29 is 14.3 Å². The third kappa shape index (κ3) is 4.03. The highest BCUT2D eigenvalue weighted by Crippen LogP contribution is 2.54. The van der Waals surface area contributed by atoms with Crippen molar-refractivity contribution >= 4 is 17.5 Å². The summed E-state index contributed by atoms with van der Waals surface area (Å²) < 4.78 is 12.7. The number of ether oxygens (including phenoxy) is 2. The number of primary amides is 1. The second-order valence-electron chi connectivity index (χ2n) is 9.45. The number of nitrogens with two attached hydrogens (primary N) is 1. The highest BCUT2D eigenvalue weighted by atomic mass is 35.5. The molecule has 2 aliphatic carbocycles. The SMILES string of the molecule is NC(=O)C(Cc1ccccc1OC1CCCC1)[C@H]1CC2(CCC2)Oc2c(Cl)cccc21. The van der Waals surface area contributed by atoms with Gasteiger partial charge >= 0.3 is 0 Å². The average molecular weight is 440 g/mol. The average Bonchev–Trinajstić information content (AvgIpc) is 3.25. The zero-order chi connectivity index (χ0) is 21.4. The van der Waals surface area contributed by atoms with E-state index in [9.17, 15) is 4.79 Å². The molecule has 1 amide bonds. The van der Waals surface area contributed by atoms with Crippen LogP contribution in [-0.4, -0.2) is 17.6 Å². The smallest absolute Gasteiger partial charge is 0.221 e. The second kappa shape index (κ2) is 8.38. The first-order chi connectivity index (χ1) is 15.0. The van der Waals surface area contributed by atoms with Crippen LogP contribution in [-0.2, 0) is 11.2 Å². The van der Waals surface area contributed by atoms with Crippen LogP contribution in [0.3, 0.4) is 0 Å². The Morgan fingerprint density at radius 2 is 1.90 bits per heavy atom. The van der Waals surface area contributed by atoms with E-state index < -0.39 is 0 Å². The first-order valence-electron chi connectivity index (χ1n) is 11.6. The van der Waals surface area contributed by atoms with E-state index >= 15 is 0 Å². The lowest BCUT2D eigenvalue weighted by atomic mass is 9.66. The summed E-state index contributed by atoms with van der Waals surface area (Å²) in [7, 11) is 0. The Balaban J connectivity index is 1.47. The van der Waals surface area contributed by atoms with Crippen LogP contribution in [0.4, 0.5) is 0 Å². The molecule has 2 fully saturated rings. The van der Waals surface area contributed by atoms with E-state index in [1.807, 2.05) is 36.4 Å². The Bertz CT molecular complexity index is 965. The predicted octanol–water partition coefficient (Wildman–Crippen LogP) is 5.79. The zero-order valence-corrected chi connectivity index (χ0v) is 18.6. The van der Waals surface area contributed by atoms with Gasteiger partial charge < -0.3 is 15.2 Å². The van der Waals surface area contributed by atoms with Gasteiger partial charge in [-0.15, -0.1) is 0 Å². The molecule has 0 radical (unpaired) electrons. The number of carbonyl (C=O) groups excluding carboxylic acids is 1. The van der Waals surface area contributed by atoms with Crippen molar-refractivity contribution in [3.05, 3.63) is 58.6 Å². The van der Waals surface area contributed by atoms with Crippen molar-refractivity contribution in [2.24, 2.45) is 11.7 Å². The minimum absolute atomic E-state index is 0.0141. The molecule has 2 N–H and O–H groups in total. The Morgan fingerprint density at radius 1 is 1.13 bits per heavy atom. The van der Waals surface area contributed by atoms with Crippen molar-refractivity contribution in [1.29, 1.82) is 0 Å². The molecule has 31 heavy (non-hydrogen) atoms. The summed E-state index contributed by atoms with van der Waals surface area (Å²) in [5.41, 5.74) is 7.86. The molecule has 2 saturated carbocycles. The van der Waals surface area contributed by atoms with Gasteiger partial charge in [0.1, 0.15) is 17.1 Å². The van der Waals surface area contributed by atoms with Crippen molar-refractivity contribution in [3.8, 4) is 11.5 Å². The Hall–Kier alpha value is -2.20. The lowest BCUT2D eigenvalue weighted by molar-refractivity contribution is -0.124. The molecular weight excluding hydrogens is 410 g/mol. The number of para-hydroxylation sites is 2. The summed E-state index contributed by atoms with van der Waals surface area (Å²) in [5, 5.41) is 0.613. The van der Waals surface area contributed by atoms with Crippen LogP contribution < -0.4 is 15.2 Å². The Kier molecular flexibility index (Phi) is 5.60. The molecule has 4 nitrogen and oxygen atoms in total. The predicted molar refractivity (Wildman–Crippen MR) is 122 cm³/mol. The molecule has 164 valence electrons. The van der Waals surface area contributed by atoms with Gasteiger partial charge in [0, 0.05) is 11.8 Å².